The van der Waals surface area contributed by atoms with E-state index in [9.17, 15) is 4.79 Å². The van der Waals surface area contributed by atoms with E-state index in [0.29, 0.717) is 18.4 Å². The van der Waals surface area contributed by atoms with E-state index in [4.69, 9.17) is 0 Å². The van der Waals surface area contributed by atoms with Gasteiger partial charge in [0.15, 0.2) is 0 Å². The van der Waals surface area contributed by atoms with Gasteiger partial charge >= 0.3 is 0 Å². The molecule has 140 valence electrons. The van der Waals surface area contributed by atoms with Gasteiger partial charge in [-0.05, 0) is 29.9 Å². The van der Waals surface area contributed by atoms with Crippen molar-refractivity contribution in [3.8, 4) is 0 Å². The molecule has 1 aromatic carbocycles. The number of hydrogen-bond acceptors (Lipinski definition) is 3. The van der Waals surface area contributed by atoms with Crippen LogP contribution in [0.15, 0.2) is 24.3 Å². The largest absolute Gasteiger partial charge is 0.352 e. The first-order valence-corrected chi connectivity index (χ1v) is 9.68. The smallest absolute Gasteiger partial charge is 0.234 e. The highest BCUT2D eigenvalue weighted by Gasteiger charge is 2.20. The second-order valence-electron chi connectivity index (χ2n) is 8.05. The van der Waals surface area contributed by atoms with Crippen LogP contribution < -0.4 is 5.32 Å². The van der Waals surface area contributed by atoms with E-state index in [1.54, 1.807) is 0 Å². The van der Waals surface area contributed by atoms with Gasteiger partial charge in [-0.3, -0.25) is 14.6 Å². The second kappa shape index (κ2) is 9.35. The highest BCUT2D eigenvalue weighted by Crippen LogP contribution is 2.16. The molecule has 1 N–H and O–H groups in total. The van der Waals surface area contributed by atoms with Crippen molar-refractivity contribution in [2.45, 2.75) is 53.1 Å². The molecule has 4 nitrogen and oxygen atoms in total. The summed E-state index contributed by atoms with van der Waals surface area (Å²) in [5.74, 6) is 1.21. The molecule has 1 fully saturated rings. The topological polar surface area (TPSA) is 35.6 Å². The fourth-order valence-electron chi connectivity index (χ4n) is 3.04. The monoisotopic (exact) mass is 345 g/mol. The van der Waals surface area contributed by atoms with Crippen LogP contribution in [-0.2, 0) is 11.3 Å². The summed E-state index contributed by atoms with van der Waals surface area (Å²) in [6.07, 6.45) is 0. The predicted molar refractivity (Wildman–Crippen MR) is 105 cm³/mol. The quantitative estimate of drug-likeness (QED) is 0.825. The van der Waals surface area contributed by atoms with Gasteiger partial charge in [0, 0.05) is 38.8 Å². The van der Waals surface area contributed by atoms with Gasteiger partial charge in [0.05, 0.1) is 6.54 Å². The molecule has 0 aliphatic carbocycles. The van der Waals surface area contributed by atoms with Crippen molar-refractivity contribution in [3.63, 3.8) is 0 Å². The third-order valence-corrected chi connectivity index (χ3v) is 5.27. The summed E-state index contributed by atoms with van der Waals surface area (Å²) in [7, 11) is 0. The van der Waals surface area contributed by atoms with Crippen LogP contribution in [0.4, 0.5) is 0 Å². The van der Waals surface area contributed by atoms with Crippen molar-refractivity contribution < 1.29 is 4.79 Å². The molecule has 1 aliphatic rings. The zero-order valence-corrected chi connectivity index (χ0v) is 16.6. The zero-order chi connectivity index (χ0) is 18.4. The van der Waals surface area contributed by atoms with Crippen molar-refractivity contribution in [2.24, 2.45) is 5.92 Å². The maximum Gasteiger partial charge on any atom is 0.234 e. The summed E-state index contributed by atoms with van der Waals surface area (Å²) in [4.78, 5) is 16.9. The molecule has 0 saturated carbocycles. The van der Waals surface area contributed by atoms with E-state index in [2.05, 4.69) is 74.0 Å². The zero-order valence-electron chi connectivity index (χ0n) is 16.6. The fraction of sp³-hybridized carbons (Fsp3) is 0.667. The molecule has 1 heterocycles. The molecule has 1 saturated heterocycles. The van der Waals surface area contributed by atoms with Gasteiger partial charge in [0.1, 0.15) is 0 Å². The maximum absolute atomic E-state index is 12.1. The van der Waals surface area contributed by atoms with Gasteiger partial charge in [-0.15, -0.1) is 0 Å². The van der Waals surface area contributed by atoms with E-state index in [1.807, 2.05) is 0 Å². The molecule has 0 bridgehead atoms. The minimum Gasteiger partial charge on any atom is -0.352 e. The molecule has 1 aliphatic heterocycles. The van der Waals surface area contributed by atoms with Crippen LogP contribution in [0.1, 0.15) is 51.7 Å². The number of hydrogen-bond donors (Lipinski definition) is 1. The SMILES string of the molecule is CC(C)c1ccc(CN2CCN(CC(=O)N[C@H](C)C(C)C)CC2)cc1. The Kier molecular flexibility index (Phi) is 7.45. The van der Waals surface area contributed by atoms with Gasteiger partial charge in [-0.2, -0.15) is 0 Å². The van der Waals surface area contributed by atoms with E-state index in [0.717, 1.165) is 32.7 Å². The normalized spacial score (nSPS) is 17.9. The Hall–Kier alpha value is -1.39. The summed E-state index contributed by atoms with van der Waals surface area (Å²) in [5.41, 5.74) is 2.77. The lowest BCUT2D eigenvalue weighted by molar-refractivity contribution is -0.123. The average molecular weight is 346 g/mol. The molecule has 0 radical (unpaired) electrons. The van der Waals surface area contributed by atoms with E-state index in [1.165, 1.54) is 11.1 Å². The number of carbonyl (C=O) groups is 1. The van der Waals surface area contributed by atoms with E-state index >= 15 is 0 Å². The van der Waals surface area contributed by atoms with Crippen LogP contribution in [-0.4, -0.2) is 54.5 Å². The highest BCUT2D eigenvalue weighted by atomic mass is 16.2. The van der Waals surface area contributed by atoms with Crippen LogP contribution in [0.25, 0.3) is 0 Å². The molecule has 1 aromatic rings. The number of piperazine rings is 1. The lowest BCUT2D eigenvalue weighted by Gasteiger charge is -2.34. The minimum atomic E-state index is 0.152. The fourth-order valence-corrected chi connectivity index (χ4v) is 3.04. The summed E-state index contributed by atoms with van der Waals surface area (Å²) < 4.78 is 0. The van der Waals surface area contributed by atoms with Gasteiger partial charge in [0.25, 0.3) is 0 Å². The average Bonchev–Trinajstić information content (AvgIpc) is 2.57. The molecule has 0 spiro atoms. The van der Waals surface area contributed by atoms with Crippen molar-refractivity contribution >= 4 is 5.91 Å². The van der Waals surface area contributed by atoms with Crippen LogP contribution >= 0.6 is 0 Å². The molecule has 0 unspecified atom stereocenters. The Labute approximate surface area is 153 Å². The lowest BCUT2D eigenvalue weighted by Crippen LogP contribution is -2.50. The van der Waals surface area contributed by atoms with Gasteiger partial charge < -0.3 is 5.32 Å². The van der Waals surface area contributed by atoms with E-state index in [-0.39, 0.29) is 11.9 Å². The summed E-state index contributed by atoms with van der Waals surface area (Å²) >= 11 is 0. The van der Waals surface area contributed by atoms with Crippen molar-refractivity contribution in [3.05, 3.63) is 35.4 Å². The Morgan fingerprint density at radius 1 is 0.960 bits per heavy atom. The predicted octanol–water partition coefficient (Wildman–Crippen LogP) is 3.09. The van der Waals surface area contributed by atoms with Gasteiger partial charge in [-0.25, -0.2) is 0 Å². The number of nitrogens with one attached hydrogen (secondary N) is 1. The third kappa shape index (κ3) is 6.44. The molecule has 2 rings (SSSR count). The Morgan fingerprint density at radius 3 is 2.04 bits per heavy atom. The molecular formula is C21H35N3O. The van der Waals surface area contributed by atoms with E-state index < -0.39 is 0 Å². The molecule has 4 heteroatoms. The number of amides is 1. The van der Waals surface area contributed by atoms with Crippen LogP contribution in [0, 0.1) is 5.92 Å². The second-order valence-corrected chi connectivity index (χ2v) is 8.05. The third-order valence-electron chi connectivity index (χ3n) is 5.27. The Balaban J connectivity index is 1.73. The van der Waals surface area contributed by atoms with Crippen LogP contribution in [0.3, 0.4) is 0 Å². The first kappa shape index (κ1) is 19.9. The number of rotatable bonds is 7. The standard InChI is InChI=1S/C21H35N3O/c1-16(2)18(5)22-21(25)15-24-12-10-23(11-13-24)14-19-6-8-20(9-7-19)17(3)4/h6-9,16-18H,10-15H2,1-5H3,(H,22,25)/t18-/m1/s1. The summed E-state index contributed by atoms with van der Waals surface area (Å²) in [5, 5.41) is 3.10. The maximum atomic E-state index is 12.1. The van der Waals surface area contributed by atoms with Crippen LogP contribution in [0.5, 0.6) is 0 Å². The molecule has 0 aromatic heterocycles. The molecule has 25 heavy (non-hydrogen) atoms. The lowest BCUT2D eigenvalue weighted by atomic mass is 10.0. The highest BCUT2D eigenvalue weighted by molar-refractivity contribution is 5.78. The molecule has 1 atom stereocenters. The van der Waals surface area contributed by atoms with Gasteiger partial charge in [0.2, 0.25) is 5.91 Å². The first-order valence-electron chi connectivity index (χ1n) is 9.68. The Bertz CT molecular complexity index is 531. The van der Waals surface area contributed by atoms with Crippen molar-refractivity contribution in [1.82, 2.24) is 15.1 Å². The molecular weight excluding hydrogens is 310 g/mol. The summed E-state index contributed by atoms with van der Waals surface area (Å²) in [6.45, 7) is 16.3. The Morgan fingerprint density at radius 2 is 1.52 bits per heavy atom. The number of carbonyl (C=O) groups excluding carboxylic acids is 1. The van der Waals surface area contributed by atoms with Crippen molar-refractivity contribution in [2.75, 3.05) is 32.7 Å². The molecule has 1 amide bonds. The minimum absolute atomic E-state index is 0.152. The number of nitrogens with zero attached hydrogens (tertiary/aromatic N) is 2. The number of benzene rings is 1. The van der Waals surface area contributed by atoms with Gasteiger partial charge in [-0.1, -0.05) is 52.0 Å². The van der Waals surface area contributed by atoms with Crippen LogP contribution in [0.2, 0.25) is 0 Å². The summed E-state index contributed by atoms with van der Waals surface area (Å²) in [6, 6.07) is 9.24. The van der Waals surface area contributed by atoms with Crippen molar-refractivity contribution in [1.29, 1.82) is 0 Å². The first-order chi connectivity index (χ1) is 11.8.